The number of rotatable bonds is 1. The van der Waals surface area contributed by atoms with Gasteiger partial charge in [-0.15, -0.1) is 0 Å². The van der Waals surface area contributed by atoms with Gasteiger partial charge in [-0.05, 0) is 17.7 Å². The molecule has 0 fully saturated rings. The van der Waals surface area contributed by atoms with Crippen molar-refractivity contribution >= 4 is 5.82 Å². The Bertz CT molecular complexity index is 932. The molecule has 1 heterocycles. The van der Waals surface area contributed by atoms with Crippen LogP contribution in [0.2, 0.25) is 0 Å². The van der Waals surface area contributed by atoms with Crippen LogP contribution in [0.15, 0.2) is 23.0 Å². The molecule has 0 unspecified atom stereocenters. The van der Waals surface area contributed by atoms with Crippen molar-refractivity contribution in [2.24, 2.45) is 0 Å². The molecular weight excluding hydrogens is 316 g/mol. The highest BCUT2D eigenvalue weighted by Gasteiger charge is 2.36. The fourth-order valence-corrected chi connectivity index (χ4v) is 2.08. The van der Waals surface area contributed by atoms with E-state index < -0.39 is 51.2 Å². The van der Waals surface area contributed by atoms with Crippen molar-refractivity contribution in [1.29, 1.82) is 10.5 Å². The molecule has 0 radical (unpaired) electrons. The Hall–Kier alpha value is -3.33. The van der Waals surface area contributed by atoms with Gasteiger partial charge in [0.25, 0.3) is 5.56 Å². The zero-order valence-electron chi connectivity index (χ0n) is 11.1. The zero-order valence-corrected chi connectivity index (χ0v) is 11.1. The molecule has 0 amide bonds. The number of pyridine rings is 1. The minimum absolute atomic E-state index is 0.217. The molecule has 0 aliphatic heterocycles. The number of nitrogens with two attached hydrogens (primary N) is 1. The summed E-state index contributed by atoms with van der Waals surface area (Å²) in [5, 5.41) is 18.1. The summed E-state index contributed by atoms with van der Waals surface area (Å²) < 4.78 is 52.6. The standard InChI is InChI=1S/C14H6F4N4O/c15-6-1-2-7(10(3-6)14(16,17)18)11-8(4-19)12(21)22-13(23)9(11)5-20/h1-3H,(H3,21,22,23). The number of hydrogen-bond donors (Lipinski definition) is 2. The first-order valence-corrected chi connectivity index (χ1v) is 5.93. The van der Waals surface area contributed by atoms with Crippen molar-refractivity contribution in [3.8, 4) is 23.3 Å². The lowest BCUT2D eigenvalue weighted by Gasteiger charge is -2.15. The van der Waals surface area contributed by atoms with Gasteiger partial charge in [-0.25, -0.2) is 4.39 Å². The molecule has 0 spiro atoms. The summed E-state index contributed by atoms with van der Waals surface area (Å²) in [5.41, 5.74) is 0.501. The van der Waals surface area contributed by atoms with Crippen LogP contribution in [0.3, 0.4) is 0 Å². The lowest BCUT2D eigenvalue weighted by molar-refractivity contribution is -0.137. The predicted octanol–water partition coefficient (Wildman–Crippen LogP) is 2.53. The van der Waals surface area contributed by atoms with Crippen LogP contribution in [0.25, 0.3) is 11.1 Å². The van der Waals surface area contributed by atoms with Crippen LogP contribution in [0.5, 0.6) is 0 Å². The summed E-state index contributed by atoms with van der Waals surface area (Å²) in [5.74, 6) is -1.64. The summed E-state index contributed by atoms with van der Waals surface area (Å²) >= 11 is 0. The number of nitrogen functional groups attached to an aromatic ring is 1. The zero-order chi connectivity index (χ0) is 17.4. The van der Waals surface area contributed by atoms with Gasteiger partial charge in [0.1, 0.15) is 34.9 Å². The number of aromatic nitrogens is 1. The SMILES string of the molecule is N#Cc1c(N)[nH]c(=O)c(C#N)c1-c1ccc(F)cc1C(F)(F)F. The van der Waals surface area contributed by atoms with Crippen molar-refractivity contribution < 1.29 is 17.6 Å². The van der Waals surface area contributed by atoms with E-state index >= 15 is 0 Å². The molecule has 0 bridgehead atoms. The number of nitrogens with zero attached hydrogens (tertiary/aromatic N) is 2. The van der Waals surface area contributed by atoms with Gasteiger partial charge in [-0.3, -0.25) is 4.79 Å². The van der Waals surface area contributed by atoms with Crippen LogP contribution in [0.4, 0.5) is 23.4 Å². The number of benzene rings is 1. The first kappa shape index (κ1) is 16.0. The molecule has 2 rings (SSSR count). The molecule has 23 heavy (non-hydrogen) atoms. The quantitative estimate of drug-likeness (QED) is 0.787. The summed E-state index contributed by atoms with van der Waals surface area (Å²) in [6, 6.07) is 4.68. The number of halogens is 4. The van der Waals surface area contributed by atoms with E-state index in [0.717, 1.165) is 12.1 Å². The van der Waals surface area contributed by atoms with E-state index in [4.69, 9.17) is 16.3 Å². The van der Waals surface area contributed by atoms with Crippen LogP contribution in [0, 0.1) is 28.5 Å². The van der Waals surface area contributed by atoms with Crippen molar-refractivity contribution in [2.45, 2.75) is 6.18 Å². The highest BCUT2D eigenvalue weighted by molar-refractivity contribution is 5.82. The number of hydrogen-bond acceptors (Lipinski definition) is 4. The minimum Gasteiger partial charge on any atom is -0.384 e. The second-order valence-electron chi connectivity index (χ2n) is 4.40. The number of H-pyrrole nitrogens is 1. The van der Waals surface area contributed by atoms with Gasteiger partial charge in [0.15, 0.2) is 0 Å². The molecule has 9 heteroatoms. The van der Waals surface area contributed by atoms with E-state index in [1.54, 1.807) is 6.07 Å². The number of alkyl halides is 3. The highest BCUT2D eigenvalue weighted by atomic mass is 19.4. The van der Waals surface area contributed by atoms with Crippen LogP contribution in [-0.4, -0.2) is 4.98 Å². The maximum Gasteiger partial charge on any atom is 0.417 e. The molecule has 1 aromatic carbocycles. The molecule has 0 aliphatic rings. The number of anilines is 1. The van der Waals surface area contributed by atoms with E-state index in [-0.39, 0.29) is 6.07 Å². The van der Waals surface area contributed by atoms with Gasteiger partial charge in [0, 0.05) is 5.56 Å². The van der Waals surface area contributed by atoms with Gasteiger partial charge in [0.2, 0.25) is 0 Å². The fourth-order valence-electron chi connectivity index (χ4n) is 2.08. The topological polar surface area (TPSA) is 106 Å². The first-order valence-electron chi connectivity index (χ1n) is 5.93. The van der Waals surface area contributed by atoms with E-state index in [9.17, 15) is 22.4 Å². The molecule has 2 aromatic rings. The third-order valence-electron chi connectivity index (χ3n) is 3.02. The summed E-state index contributed by atoms with van der Waals surface area (Å²) in [6.45, 7) is 0. The first-order chi connectivity index (χ1) is 10.7. The lowest BCUT2D eigenvalue weighted by Crippen LogP contribution is -2.18. The predicted molar refractivity (Wildman–Crippen MR) is 71.3 cm³/mol. The van der Waals surface area contributed by atoms with Crippen molar-refractivity contribution in [3.05, 3.63) is 51.1 Å². The van der Waals surface area contributed by atoms with Crippen molar-refractivity contribution in [1.82, 2.24) is 4.98 Å². The largest absolute Gasteiger partial charge is 0.417 e. The average Bonchev–Trinajstić information content (AvgIpc) is 2.45. The van der Waals surface area contributed by atoms with Gasteiger partial charge < -0.3 is 10.7 Å². The molecule has 1 aromatic heterocycles. The van der Waals surface area contributed by atoms with E-state index in [1.165, 1.54) is 6.07 Å². The van der Waals surface area contributed by atoms with Gasteiger partial charge in [-0.2, -0.15) is 23.7 Å². The Kier molecular flexibility index (Phi) is 3.81. The third-order valence-corrected chi connectivity index (χ3v) is 3.02. The second-order valence-corrected chi connectivity index (χ2v) is 4.40. The Morgan fingerprint density at radius 3 is 2.26 bits per heavy atom. The Balaban J connectivity index is 3.03. The van der Waals surface area contributed by atoms with E-state index in [2.05, 4.69) is 0 Å². The normalized spacial score (nSPS) is 10.9. The fraction of sp³-hybridized carbons (Fsp3) is 0.0714. The van der Waals surface area contributed by atoms with E-state index in [1.807, 2.05) is 4.98 Å². The summed E-state index contributed by atoms with van der Waals surface area (Å²) in [4.78, 5) is 13.7. The number of nitrogens with one attached hydrogen (secondary N) is 1. The van der Waals surface area contributed by atoms with Crippen LogP contribution in [0.1, 0.15) is 16.7 Å². The van der Waals surface area contributed by atoms with Crippen molar-refractivity contribution in [2.75, 3.05) is 5.73 Å². The van der Waals surface area contributed by atoms with Crippen LogP contribution >= 0.6 is 0 Å². The molecule has 116 valence electrons. The summed E-state index contributed by atoms with van der Waals surface area (Å²) in [6.07, 6.45) is -4.96. The Labute approximate surface area is 126 Å². The van der Waals surface area contributed by atoms with Crippen LogP contribution in [-0.2, 0) is 6.18 Å². The van der Waals surface area contributed by atoms with Gasteiger partial charge in [0.05, 0.1) is 5.56 Å². The average molecular weight is 322 g/mol. The highest BCUT2D eigenvalue weighted by Crippen LogP contribution is 2.39. The number of nitriles is 2. The van der Waals surface area contributed by atoms with Gasteiger partial charge in [-0.1, -0.05) is 6.07 Å². The Morgan fingerprint density at radius 2 is 1.74 bits per heavy atom. The van der Waals surface area contributed by atoms with Gasteiger partial charge >= 0.3 is 6.18 Å². The maximum absolute atomic E-state index is 13.2. The molecule has 0 saturated carbocycles. The molecule has 0 aliphatic carbocycles. The molecule has 5 nitrogen and oxygen atoms in total. The minimum atomic E-state index is -4.96. The smallest absolute Gasteiger partial charge is 0.384 e. The summed E-state index contributed by atoms with van der Waals surface area (Å²) in [7, 11) is 0. The maximum atomic E-state index is 13.2. The molecule has 0 atom stereocenters. The second kappa shape index (κ2) is 5.46. The van der Waals surface area contributed by atoms with Crippen LogP contribution < -0.4 is 11.3 Å². The van der Waals surface area contributed by atoms with E-state index in [0.29, 0.717) is 0 Å². The molecular formula is C14H6F4N4O. The molecule has 3 N–H and O–H groups in total. The van der Waals surface area contributed by atoms with Crippen molar-refractivity contribution in [3.63, 3.8) is 0 Å². The monoisotopic (exact) mass is 322 g/mol. The number of aromatic amines is 1. The molecule has 0 saturated heterocycles. The third kappa shape index (κ3) is 2.72. The lowest BCUT2D eigenvalue weighted by atomic mass is 9.92. The Morgan fingerprint density at radius 1 is 1.13 bits per heavy atom.